The van der Waals surface area contributed by atoms with Crippen LogP contribution < -0.4 is 10.0 Å². The van der Waals surface area contributed by atoms with Crippen molar-refractivity contribution in [3.8, 4) is 0 Å². The molecule has 0 fully saturated rings. The van der Waals surface area contributed by atoms with Crippen LogP contribution in [-0.2, 0) is 21.2 Å². The second kappa shape index (κ2) is 9.84. The summed E-state index contributed by atoms with van der Waals surface area (Å²) in [5, 5.41) is 9.73. The third-order valence-electron chi connectivity index (χ3n) is 4.51. The van der Waals surface area contributed by atoms with Gasteiger partial charge >= 0.3 is 0 Å². The van der Waals surface area contributed by atoms with Crippen LogP contribution in [0.5, 0.6) is 0 Å². The molecule has 1 amide bonds. The molecule has 1 atom stereocenters. The first kappa shape index (κ1) is 22.1. The third kappa shape index (κ3) is 6.45. The molecular formula is C20H30N4O3S. The van der Waals surface area contributed by atoms with Gasteiger partial charge < -0.3 is 5.32 Å². The minimum absolute atomic E-state index is 0.162. The number of aryl methyl sites for hydroxylation is 3. The Morgan fingerprint density at radius 2 is 1.86 bits per heavy atom. The molecule has 0 bridgehead atoms. The fraction of sp³-hybridized carbons (Fsp3) is 0.500. The summed E-state index contributed by atoms with van der Waals surface area (Å²) in [5.74, 6) is -0.127. The van der Waals surface area contributed by atoms with Gasteiger partial charge in [-0.15, -0.1) is 0 Å². The molecule has 0 aliphatic heterocycles. The van der Waals surface area contributed by atoms with Gasteiger partial charge in [0.15, 0.2) is 0 Å². The molecule has 0 radical (unpaired) electrons. The fourth-order valence-corrected chi connectivity index (χ4v) is 4.10. The van der Waals surface area contributed by atoms with Gasteiger partial charge in [0.2, 0.25) is 15.9 Å². The molecule has 0 spiro atoms. The van der Waals surface area contributed by atoms with E-state index >= 15 is 0 Å². The fourth-order valence-electron chi connectivity index (χ4n) is 2.89. The van der Waals surface area contributed by atoms with Crippen molar-refractivity contribution in [3.63, 3.8) is 0 Å². The monoisotopic (exact) mass is 406 g/mol. The largest absolute Gasteiger partial charge is 0.355 e. The number of carbonyl (C=O) groups is 1. The van der Waals surface area contributed by atoms with Crippen molar-refractivity contribution in [1.29, 1.82) is 0 Å². The van der Waals surface area contributed by atoms with E-state index < -0.39 is 16.1 Å². The topological polar surface area (TPSA) is 104 Å². The number of hydrogen-bond donors (Lipinski definition) is 3. The van der Waals surface area contributed by atoms with Crippen molar-refractivity contribution in [3.05, 3.63) is 47.3 Å². The Hall–Kier alpha value is -2.19. The molecule has 1 heterocycles. The number of hydrogen-bond acceptors (Lipinski definition) is 4. The van der Waals surface area contributed by atoms with Crippen molar-refractivity contribution in [2.75, 3.05) is 6.54 Å². The molecule has 2 aromatic rings. The van der Waals surface area contributed by atoms with Gasteiger partial charge in [0, 0.05) is 12.2 Å². The van der Waals surface area contributed by atoms with E-state index in [0.717, 1.165) is 29.7 Å². The summed E-state index contributed by atoms with van der Waals surface area (Å²) >= 11 is 0. The van der Waals surface area contributed by atoms with E-state index in [2.05, 4.69) is 20.2 Å². The summed E-state index contributed by atoms with van der Waals surface area (Å²) in [5.41, 5.74) is 3.12. The predicted octanol–water partition coefficient (Wildman–Crippen LogP) is 2.47. The van der Waals surface area contributed by atoms with Crippen LogP contribution in [-0.4, -0.2) is 37.1 Å². The number of rotatable bonds is 10. The number of aromatic amines is 1. The molecule has 0 saturated heterocycles. The van der Waals surface area contributed by atoms with Gasteiger partial charge in [0.25, 0.3) is 0 Å². The van der Waals surface area contributed by atoms with Gasteiger partial charge in [-0.05, 0) is 56.7 Å². The van der Waals surface area contributed by atoms with Crippen LogP contribution >= 0.6 is 0 Å². The number of carbonyl (C=O) groups excluding carboxylic acids is 1. The smallest absolute Gasteiger partial charge is 0.241 e. The Bertz CT molecular complexity index is 873. The number of benzene rings is 1. The lowest BCUT2D eigenvalue weighted by Gasteiger charge is -2.20. The molecule has 28 heavy (non-hydrogen) atoms. The lowest BCUT2D eigenvalue weighted by atomic mass is 10.0. The number of H-pyrrole nitrogens is 1. The van der Waals surface area contributed by atoms with Gasteiger partial charge in [-0.2, -0.15) is 9.82 Å². The summed E-state index contributed by atoms with van der Waals surface area (Å²) < 4.78 is 27.9. The van der Waals surface area contributed by atoms with E-state index in [4.69, 9.17) is 0 Å². The van der Waals surface area contributed by atoms with E-state index in [0.29, 0.717) is 13.0 Å². The summed E-state index contributed by atoms with van der Waals surface area (Å²) in [7, 11) is -3.76. The van der Waals surface area contributed by atoms with Crippen molar-refractivity contribution >= 4 is 15.9 Å². The molecule has 1 aromatic carbocycles. The van der Waals surface area contributed by atoms with E-state index in [1.807, 2.05) is 27.7 Å². The van der Waals surface area contributed by atoms with Crippen molar-refractivity contribution in [2.45, 2.75) is 57.9 Å². The second-order valence-electron chi connectivity index (χ2n) is 7.53. The number of nitrogens with one attached hydrogen (secondary N) is 3. The molecule has 8 heteroatoms. The molecule has 7 nitrogen and oxygen atoms in total. The first-order chi connectivity index (χ1) is 13.2. The minimum atomic E-state index is -3.76. The van der Waals surface area contributed by atoms with E-state index in [-0.39, 0.29) is 16.7 Å². The summed E-state index contributed by atoms with van der Waals surface area (Å²) in [4.78, 5) is 12.8. The number of nitrogens with zero attached hydrogens (tertiary/aromatic N) is 1. The van der Waals surface area contributed by atoms with E-state index in [1.165, 1.54) is 0 Å². The summed E-state index contributed by atoms with van der Waals surface area (Å²) in [6, 6.07) is 5.78. The molecule has 1 aromatic heterocycles. The Morgan fingerprint density at radius 1 is 1.18 bits per heavy atom. The van der Waals surface area contributed by atoms with Crippen LogP contribution in [0.25, 0.3) is 0 Å². The molecule has 3 N–H and O–H groups in total. The van der Waals surface area contributed by atoms with Crippen LogP contribution in [0.2, 0.25) is 0 Å². The molecular weight excluding hydrogens is 376 g/mol. The van der Waals surface area contributed by atoms with Gasteiger partial charge in [0.1, 0.15) is 6.04 Å². The average molecular weight is 407 g/mol. The lowest BCUT2D eigenvalue weighted by molar-refractivity contribution is -0.123. The highest BCUT2D eigenvalue weighted by molar-refractivity contribution is 7.89. The highest BCUT2D eigenvalue weighted by Crippen LogP contribution is 2.13. The van der Waals surface area contributed by atoms with Crippen molar-refractivity contribution in [1.82, 2.24) is 20.2 Å². The summed E-state index contributed by atoms with van der Waals surface area (Å²) in [6.07, 6.45) is 3.77. The zero-order valence-electron chi connectivity index (χ0n) is 17.0. The maximum Gasteiger partial charge on any atom is 0.241 e. The van der Waals surface area contributed by atoms with Gasteiger partial charge in [-0.25, -0.2) is 8.42 Å². The van der Waals surface area contributed by atoms with E-state index in [9.17, 15) is 13.2 Å². The Balaban J connectivity index is 1.96. The predicted molar refractivity (Wildman–Crippen MR) is 109 cm³/mol. The average Bonchev–Trinajstić information content (AvgIpc) is 3.02. The molecule has 0 aliphatic carbocycles. The molecule has 2 rings (SSSR count). The quantitative estimate of drug-likeness (QED) is 0.527. The van der Waals surface area contributed by atoms with Crippen LogP contribution in [0.1, 0.15) is 43.5 Å². The Labute approximate surface area is 167 Å². The van der Waals surface area contributed by atoms with Crippen molar-refractivity contribution in [2.24, 2.45) is 5.92 Å². The third-order valence-corrected chi connectivity index (χ3v) is 6.00. The van der Waals surface area contributed by atoms with Crippen molar-refractivity contribution < 1.29 is 13.2 Å². The molecule has 1 unspecified atom stereocenters. The lowest BCUT2D eigenvalue weighted by Crippen LogP contribution is -2.47. The zero-order chi connectivity index (χ0) is 20.7. The van der Waals surface area contributed by atoms with Gasteiger partial charge in [0.05, 0.1) is 11.1 Å². The SMILES string of the molecule is Cc1ccc(S(=O)(=O)NC(CC(C)C)C(=O)NCCCc2cn[nH]c2C)cc1. The minimum Gasteiger partial charge on any atom is -0.355 e. The van der Waals surface area contributed by atoms with Gasteiger partial charge in [-0.1, -0.05) is 31.5 Å². The number of amides is 1. The Morgan fingerprint density at radius 3 is 2.43 bits per heavy atom. The highest BCUT2D eigenvalue weighted by Gasteiger charge is 2.26. The molecule has 154 valence electrons. The maximum atomic E-state index is 12.7. The van der Waals surface area contributed by atoms with E-state index in [1.54, 1.807) is 30.5 Å². The molecule has 0 aliphatic rings. The maximum absolute atomic E-state index is 12.7. The van der Waals surface area contributed by atoms with Crippen LogP contribution in [0.4, 0.5) is 0 Å². The first-order valence-corrected chi connectivity index (χ1v) is 11.0. The van der Waals surface area contributed by atoms with Crippen LogP contribution in [0, 0.1) is 19.8 Å². The number of aromatic nitrogens is 2. The first-order valence-electron chi connectivity index (χ1n) is 9.54. The normalized spacial score (nSPS) is 12.9. The summed E-state index contributed by atoms with van der Waals surface area (Å²) in [6.45, 7) is 8.25. The molecule has 0 saturated carbocycles. The Kier molecular flexibility index (Phi) is 7.77. The highest BCUT2D eigenvalue weighted by atomic mass is 32.2. The second-order valence-corrected chi connectivity index (χ2v) is 9.25. The van der Waals surface area contributed by atoms with Gasteiger partial charge in [-0.3, -0.25) is 9.89 Å². The standard InChI is InChI=1S/C20H30N4O3S/c1-14(2)12-19(24-28(26,27)18-9-7-15(3)8-10-18)20(25)21-11-5-6-17-13-22-23-16(17)4/h7-10,13-14,19,24H,5-6,11-12H2,1-4H3,(H,21,25)(H,22,23). The van der Waals surface area contributed by atoms with Crippen LogP contribution in [0.15, 0.2) is 35.4 Å². The van der Waals surface area contributed by atoms with Crippen LogP contribution in [0.3, 0.4) is 0 Å². The number of sulfonamides is 1. The zero-order valence-corrected chi connectivity index (χ0v) is 17.8.